The summed E-state index contributed by atoms with van der Waals surface area (Å²) in [5, 5.41) is 3.42. The van der Waals surface area contributed by atoms with E-state index in [2.05, 4.69) is 63.2 Å². The maximum absolute atomic E-state index is 4.73. The summed E-state index contributed by atoms with van der Waals surface area (Å²) < 4.78 is 0. The van der Waals surface area contributed by atoms with Gasteiger partial charge in [0, 0.05) is 56.8 Å². The molecule has 4 rings (SSSR count). The number of hydrogen-bond donors (Lipinski definition) is 1. The van der Waals surface area contributed by atoms with Gasteiger partial charge in [-0.1, -0.05) is 6.92 Å². The first kappa shape index (κ1) is 18.0. The summed E-state index contributed by atoms with van der Waals surface area (Å²) in [4.78, 5) is 16.3. The van der Waals surface area contributed by atoms with Gasteiger partial charge in [-0.3, -0.25) is 0 Å². The molecule has 3 heterocycles. The van der Waals surface area contributed by atoms with Crippen molar-refractivity contribution in [3.63, 3.8) is 0 Å². The summed E-state index contributed by atoms with van der Waals surface area (Å²) in [5.41, 5.74) is 2.35. The molecule has 2 aliphatic heterocycles. The molecule has 0 bridgehead atoms. The lowest BCUT2D eigenvalue weighted by atomic mass is 10.00. The van der Waals surface area contributed by atoms with E-state index in [1.165, 1.54) is 18.5 Å². The second kappa shape index (κ2) is 8.13. The number of rotatable bonds is 4. The molecule has 0 radical (unpaired) electrons. The Morgan fingerprint density at radius 2 is 1.59 bits per heavy atom. The minimum atomic E-state index is 0.807. The minimum Gasteiger partial charge on any atom is -0.369 e. The molecule has 27 heavy (non-hydrogen) atoms. The first-order valence-electron chi connectivity index (χ1n) is 10.1. The summed E-state index contributed by atoms with van der Waals surface area (Å²) in [6, 6.07) is 10.6. The van der Waals surface area contributed by atoms with E-state index in [1.54, 1.807) is 0 Å². The molecule has 0 unspecified atom stereocenters. The molecule has 144 valence electrons. The van der Waals surface area contributed by atoms with Crippen LogP contribution in [0.4, 0.5) is 23.1 Å². The van der Waals surface area contributed by atoms with Gasteiger partial charge in [0.15, 0.2) is 0 Å². The summed E-state index contributed by atoms with van der Waals surface area (Å²) >= 11 is 0. The van der Waals surface area contributed by atoms with E-state index in [9.17, 15) is 0 Å². The van der Waals surface area contributed by atoms with Gasteiger partial charge in [0.05, 0.1) is 0 Å². The Morgan fingerprint density at radius 1 is 0.889 bits per heavy atom. The zero-order valence-electron chi connectivity index (χ0n) is 16.4. The third-order valence-corrected chi connectivity index (χ3v) is 5.72. The van der Waals surface area contributed by atoms with Gasteiger partial charge in [0.25, 0.3) is 0 Å². The van der Waals surface area contributed by atoms with E-state index in [0.717, 1.165) is 62.6 Å². The first-order chi connectivity index (χ1) is 13.2. The van der Waals surface area contributed by atoms with Gasteiger partial charge < -0.3 is 20.0 Å². The zero-order chi connectivity index (χ0) is 18.6. The number of piperazine rings is 1. The normalized spacial score (nSPS) is 19.3. The van der Waals surface area contributed by atoms with Crippen molar-refractivity contribution in [2.24, 2.45) is 5.92 Å². The third kappa shape index (κ3) is 4.50. The minimum absolute atomic E-state index is 0.807. The lowest BCUT2D eigenvalue weighted by Gasteiger charge is -2.34. The van der Waals surface area contributed by atoms with Crippen molar-refractivity contribution < 1.29 is 0 Å². The Hall–Kier alpha value is -2.34. The highest BCUT2D eigenvalue weighted by atomic mass is 15.3. The molecule has 2 saturated heterocycles. The van der Waals surface area contributed by atoms with Gasteiger partial charge in [-0.25, -0.2) is 4.98 Å². The number of benzene rings is 1. The highest BCUT2D eigenvalue weighted by Crippen LogP contribution is 2.24. The van der Waals surface area contributed by atoms with E-state index in [4.69, 9.17) is 4.98 Å². The number of nitrogens with one attached hydrogen (secondary N) is 1. The quantitative estimate of drug-likeness (QED) is 0.897. The molecule has 2 aromatic rings. The second-order valence-electron chi connectivity index (χ2n) is 7.87. The standard InChI is InChI=1S/C21H30N6/c1-17-8-11-27(12-9-17)21-22-10-7-20(24-21)23-18-3-5-19(6-4-18)26-15-13-25(2)14-16-26/h3-7,10,17H,8-9,11-16H2,1-2H3,(H,22,23,24). The molecular weight excluding hydrogens is 336 g/mol. The summed E-state index contributed by atoms with van der Waals surface area (Å²) in [7, 11) is 2.19. The Morgan fingerprint density at radius 3 is 2.30 bits per heavy atom. The molecule has 6 heteroatoms. The van der Waals surface area contributed by atoms with Crippen LogP contribution in [0.2, 0.25) is 0 Å². The van der Waals surface area contributed by atoms with Crippen LogP contribution in [-0.2, 0) is 0 Å². The summed E-state index contributed by atoms with van der Waals surface area (Å²) in [6.07, 6.45) is 4.28. The van der Waals surface area contributed by atoms with E-state index >= 15 is 0 Å². The van der Waals surface area contributed by atoms with Crippen molar-refractivity contribution in [1.29, 1.82) is 0 Å². The Balaban J connectivity index is 1.39. The average Bonchev–Trinajstić information content (AvgIpc) is 2.70. The number of likely N-dealkylation sites (N-methyl/N-ethyl adjacent to an activating group) is 1. The maximum atomic E-state index is 4.73. The first-order valence-corrected chi connectivity index (χ1v) is 10.1. The van der Waals surface area contributed by atoms with Gasteiger partial charge in [-0.05, 0) is 56.1 Å². The molecule has 2 fully saturated rings. The van der Waals surface area contributed by atoms with Gasteiger partial charge in [-0.2, -0.15) is 4.98 Å². The molecule has 0 atom stereocenters. The number of nitrogens with zero attached hydrogens (tertiary/aromatic N) is 5. The monoisotopic (exact) mass is 366 g/mol. The average molecular weight is 367 g/mol. The molecule has 1 aromatic carbocycles. The van der Waals surface area contributed by atoms with Crippen LogP contribution >= 0.6 is 0 Å². The van der Waals surface area contributed by atoms with E-state index in [1.807, 2.05) is 12.3 Å². The highest BCUT2D eigenvalue weighted by molar-refractivity contribution is 5.61. The lowest BCUT2D eigenvalue weighted by molar-refractivity contribution is 0.313. The predicted octanol–water partition coefficient (Wildman–Crippen LogP) is 3.21. The van der Waals surface area contributed by atoms with Crippen molar-refractivity contribution in [2.75, 3.05) is 61.4 Å². The lowest BCUT2D eigenvalue weighted by Crippen LogP contribution is -2.44. The molecule has 0 spiro atoms. The fourth-order valence-electron chi connectivity index (χ4n) is 3.75. The van der Waals surface area contributed by atoms with Crippen molar-refractivity contribution in [3.05, 3.63) is 36.5 Å². The predicted molar refractivity (Wildman–Crippen MR) is 112 cm³/mol. The van der Waals surface area contributed by atoms with Gasteiger partial charge in [-0.15, -0.1) is 0 Å². The zero-order valence-corrected chi connectivity index (χ0v) is 16.4. The smallest absolute Gasteiger partial charge is 0.227 e. The van der Waals surface area contributed by atoms with Crippen LogP contribution in [0.5, 0.6) is 0 Å². The molecular formula is C21H30N6. The van der Waals surface area contributed by atoms with Crippen LogP contribution in [0, 0.1) is 5.92 Å². The fourth-order valence-corrected chi connectivity index (χ4v) is 3.75. The van der Waals surface area contributed by atoms with Gasteiger partial charge in [0.2, 0.25) is 5.95 Å². The molecule has 1 aromatic heterocycles. The van der Waals surface area contributed by atoms with Crippen LogP contribution in [0.1, 0.15) is 19.8 Å². The van der Waals surface area contributed by atoms with Crippen LogP contribution in [-0.4, -0.2) is 61.2 Å². The van der Waals surface area contributed by atoms with E-state index < -0.39 is 0 Å². The Labute approximate surface area is 162 Å². The van der Waals surface area contributed by atoms with Crippen LogP contribution < -0.4 is 15.1 Å². The molecule has 1 N–H and O–H groups in total. The second-order valence-corrected chi connectivity index (χ2v) is 7.87. The van der Waals surface area contributed by atoms with E-state index in [0.29, 0.717) is 0 Å². The van der Waals surface area contributed by atoms with Crippen LogP contribution in [0.25, 0.3) is 0 Å². The highest BCUT2D eigenvalue weighted by Gasteiger charge is 2.18. The number of aromatic nitrogens is 2. The SMILES string of the molecule is CC1CCN(c2nccc(Nc3ccc(N4CCN(C)CC4)cc3)n2)CC1. The van der Waals surface area contributed by atoms with Crippen molar-refractivity contribution in [1.82, 2.24) is 14.9 Å². The molecule has 0 amide bonds. The molecule has 0 aliphatic carbocycles. The van der Waals surface area contributed by atoms with Crippen LogP contribution in [0.3, 0.4) is 0 Å². The largest absolute Gasteiger partial charge is 0.369 e. The van der Waals surface area contributed by atoms with Crippen molar-refractivity contribution in [2.45, 2.75) is 19.8 Å². The topological polar surface area (TPSA) is 47.5 Å². The summed E-state index contributed by atoms with van der Waals surface area (Å²) in [5.74, 6) is 2.49. The fraction of sp³-hybridized carbons (Fsp3) is 0.524. The molecule has 0 saturated carbocycles. The van der Waals surface area contributed by atoms with Crippen molar-refractivity contribution >= 4 is 23.1 Å². The number of anilines is 4. The van der Waals surface area contributed by atoms with Gasteiger partial charge >= 0.3 is 0 Å². The number of hydrogen-bond acceptors (Lipinski definition) is 6. The van der Waals surface area contributed by atoms with Gasteiger partial charge in [0.1, 0.15) is 5.82 Å². The molecule has 6 nitrogen and oxygen atoms in total. The van der Waals surface area contributed by atoms with Crippen LogP contribution in [0.15, 0.2) is 36.5 Å². The maximum Gasteiger partial charge on any atom is 0.227 e. The summed E-state index contributed by atoms with van der Waals surface area (Å²) in [6.45, 7) is 8.84. The Bertz CT molecular complexity index is 731. The number of piperidine rings is 1. The third-order valence-electron chi connectivity index (χ3n) is 5.72. The van der Waals surface area contributed by atoms with E-state index in [-0.39, 0.29) is 0 Å². The van der Waals surface area contributed by atoms with Crippen molar-refractivity contribution in [3.8, 4) is 0 Å². The molecule has 2 aliphatic rings. The Kier molecular flexibility index (Phi) is 5.43.